The van der Waals surface area contributed by atoms with Gasteiger partial charge in [0.2, 0.25) is 0 Å². The number of carbonyl (C=O) groups is 1. The van der Waals surface area contributed by atoms with Gasteiger partial charge in [-0.05, 0) is 74.5 Å². The summed E-state index contributed by atoms with van der Waals surface area (Å²) in [6.45, 7) is 8.75. The summed E-state index contributed by atoms with van der Waals surface area (Å²) in [4.78, 5) is 14.6. The van der Waals surface area contributed by atoms with Crippen molar-refractivity contribution in [1.29, 1.82) is 0 Å². The van der Waals surface area contributed by atoms with E-state index >= 15 is 0 Å². The predicted octanol–water partition coefficient (Wildman–Crippen LogP) is -1.65. The van der Waals surface area contributed by atoms with Crippen LogP contribution >= 0.6 is 0 Å². The van der Waals surface area contributed by atoms with Gasteiger partial charge in [-0.3, -0.25) is 4.79 Å². The third-order valence-electron chi connectivity index (χ3n) is 17.2. The summed E-state index contributed by atoms with van der Waals surface area (Å²) in [6.07, 6.45) is -14.6. The highest BCUT2D eigenvalue weighted by Crippen LogP contribution is 2.69. The summed E-state index contributed by atoms with van der Waals surface area (Å²) in [5.74, 6) is -1.44. The number of fused-ring (bicyclic) bond motifs is 7. The number of Topliss-reactive ketones (excluding diaryl/α,β-unsaturated/α-hetero) is 1. The molecule has 366 valence electrons. The Morgan fingerprint density at radius 1 is 0.781 bits per heavy atom. The molecule has 0 amide bonds. The molecule has 19 nitrogen and oxygen atoms in total. The number of aliphatic hydroxyl groups excluding tert-OH is 10. The lowest BCUT2D eigenvalue weighted by molar-refractivity contribution is -0.359. The molecule has 7 fully saturated rings. The lowest BCUT2D eigenvalue weighted by Crippen LogP contribution is -2.64. The van der Waals surface area contributed by atoms with Crippen molar-refractivity contribution >= 4 is 5.78 Å². The number of allylic oxidation sites excluding steroid dienone is 1. The van der Waals surface area contributed by atoms with Crippen LogP contribution in [0.15, 0.2) is 11.6 Å². The molecule has 0 radical (unpaired) electrons. The summed E-state index contributed by atoms with van der Waals surface area (Å²) < 4.78 is 41.4. The molecule has 0 aromatic heterocycles. The Morgan fingerprint density at radius 3 is 2.05 bits per heavy atom. The van der Waals surface area contributed by atoms with E-state index in [1.807, 2.05) is 13.8 Å². The summed E-state index contributed by atoms with van der Waals surface area (Å²) in [5.41, 5.74) is 0.263. The van der Waals surface area contributed by atoms with Gasteiger partial charge in [-0.25, -0.2) is 0 Å². The van der Waals surface area contributed by atoms with E-state index in [1.165, 1.54) is 5.57 Å². The minimum atomic E-state index is -1.70. The minimum absolute atomic E-state index is 0.0714. The Kier molecular flexibility index (Phi) is 14.2. The second-order valence-corrected chi connectivity index (χ2v) is 20.9. The lowest BCUT2D eigenvalue weighted by Gasteiger charge is -2.57. The minimum Gasteiger partial charge on any atom is -0.394 e. The molecular formula is C45H72O19. The second kappa shape index (κ2) is 18.5. The van der Waals surface area contributed by atoms with Gasteiger partial charge in [-0.15, -0.1) is 0 Å². The van der Waals surface area contributed by atoms with E-state index in [-0.39, 0.29) is 65.5 Å². The number of ketones is 1. The zero-order valence-electron chi connectivity index (χ0n) is 37.3. The maximum absolute atomic E-state index is 14.6. The molecular weight excluding hydrogens is 844 g/mol. The van der Waals surface area contributed by atoms with Gasteiger partial charge in [-0.2, -0.15) is 0 Å². The van der Waals surface area contributed by atoms with Crippen molar-refractivity contribution in [3.63, 3.8) is 0 Å². The molecule has 0 bridgehead atoms. The number of ether oxygens (including phenoxy) is 7. The van der Waals surface area contributed by atoms with Gasteiger partial charge in [0.1, 0.15) is 72.9 Å². The predicted molar refractivity (Wildman–Crippen MR) is 218 cm³/mol. The standard InChI is InChI=1S/C45H72O19/c1-18(17-58-40-36(54)33(51)31(49)27(15-46)61-40)8-11-45(57)19(2)30-26(64-45)13-25-23-7-6-21-12-22(9-10-43(21,4)24(23)14-29(48)44(25,30)5)60-41-38(56)35(53)39(20(3)59-41)63-42-37(55)34(52)32(50)28(16-47)62-42/h6,18-20,22-28,30-42,46-47,49-57H,7-17H2,1-5H3. The number of carbonyl (C=O) groups excluding carboxylic acids is 1. The van der Waals surface area contributed by atoms with E-state index in [4.69, 9.17) is 33.2 Å². The van der Waals surface area contributed by atoms with E-state index in [9.17, 15) is 61.0 Å². The van der Waals surface area contributed by atoms with Gasteiger partial charge in [0.25, 0.3) is 0 Å². The number of aliphatic hydroxyl groups is 11. The Morgan fingerprint density at radius 2 is 1.39 bits per heavy atom. The van der Waals surface area contributed by atoms with Gasteiger partial charge >= 0.3 is 0 Å². The largest absolute Gasteiger partial charge is 0.394 e. The van der Waals surface area contributed by atoms with Crippen LogP contribution in [0.4, 0.5) is 0 Å². The maximum Gasteiger partial charge on any atom is 0.187 e. The van der Waals surface area contributed by atoms with Crippen LogP contribution in [0.2, 0.25) is 0 Å². The average Bonchev–Trinajstić information content (AvgIpc) is 3.71. The molecule has 64 heavy (non-hydrogen) atoms. The van der Waals surface area contributed by atoms with Crippen molar-refractivity contribution in [3.05, 3.63) is 11.6 Å². The third-order valence-corrected chi connectivity index (χ3v) is 17.2. The first kappa shape index (κ1) is 49.1. The first-order valence-corrected chi connectivity index (χ1v) is 23.4. The second-order valence-electron chi connectivity index (χ2n) is 20.9. The molecule has 8 rings (SSSR count). The highest BCUT2D eigenvalue weighted by molar-refractivity contribution is 5.87. The fourth-order valence-electron chi connectivity index (χ4n) is 13.2. The van der Waals surface area contributed by atoms with Crippen molar-refractivity contribution in [2.24, 2.45) is 46.3 Å². The average molecular weight is 917 g/mol. The van der Waals surface area contributed by atoms with E-state index in [0.717, 1.165) is 12.8 Å². The van der Waals surface area contributed by atoms with Crippen LogP contribution in [0.25, 0.3) is 0 Å². The van der Waals surface area contributed by atoms with Gasteiger partial charge in [0.05, 0.1) is 38.1 Å². The van der Waals surface area contributed by atoms with Crippen molar-refractivity contribution in [2.45, 2.75) is 196 Å². The summed E-state index contributed by atoms with van der Waals surface area (Å²) >= 11 is 0. The molecule has 4 saturated heterocycles. The highest BCUT2D eigenvalue weighted by Gasteiger charge is 2.70. The zero-order chi connectivity index (χ0) is 46.4. The number of hydrogen-bond acceptors (Lipinski definition) is 19. The monoisotopic (exact) mass is 916 g/mol. The first-order valence-electron chi connectivity index (χ1n) is 23.4. The highest BCUT2D eigenvalue weighted by atomic mass is 16.7. The summed E-state index contributed by atoms with van der Waals surface area (Å²) in [5, 5.41) is 115. The molecule has 0 spiro atoms. The van der Waals surface area contributed by atoms with Crippen LogP contribution in [0.1, 0.15) is 86.0 Å². The molecule has 26 unspecified atom stereocenters. The van der Waals surface area contributed by atoms with Crippen LogP contribution in [-0.2, 0) is 38.0 Å². The van der Waals surface area contributed by atoms with E-state index in [1.54, 1.807) is 6.92 Å². The third kappa shape index (κ3) is 8.27. The van der Waals surface area contributed by atoms with Crippen molar-refractivity contribution in [3.8, 4) is 0 Å². The molecule has 3 saturated carbocycles. The fourth-order valence-corrected chi connectivity index (χ4v) is 13.2. The SMILES string of the molecule is CC(CCC1(O)OC2CC3C4CC=C5CC(OC6OC(C)C(OC7OC(CO)C(O)C(O)C7O)C(O)C6O)CCC5(C)C4CC(=O)C3(C)C2C1C)COC1OC(CO)C(O)C(O)C1O. The smallest absolute Gasteiger partial charge is 0.187 e. The molecule has 11 N–H and O–H groups in total. The first-order chi connectivity index (χ1) is 30.2. The quantitative estimate of drug-likeness (QED) is 0.0978. The molecule has 19 heteroatoms. The van der Waals surface area contributed by atoms with Gasteiger partial charge in [-0.1, -0.05) is 39.3 Å². The zero-order valence-corrected chi connectivity index (χ0v) is 37.3. The van der Waals surface area contributed by atoms with E-state index in [0.29, 0.717) is 38.5 Å². The van der Waals surface area contributed by atoms with Crippen LogP contribution < -0.4 is 0 Å². The van der Waals surface area contributed by atoms with Gasteiger partial charge in [0.15, 0.2) is 24.7 Å². The fraction of sp³-hybridized carbons (Fsp3) is 0.933. The van der Waals surface area contributed by atoms with Crippen LogP contribution in [0.5, 0.6) is 0 Å². The normalized spacial score (nSPS) is 54.4. The van der Waals surface area contributed by atoms with Crippen LogP contribution in [0.3, 0.4) is 0 Å². The molecule has 0 aromatic carbocycles. The Bertz CT molecular complexity index is 1680. The molecule has 4 heterocycles. The molecule has 26 atom stereocenters. The Hall–Kier alpha value is -1.31. The van der Waals surface area contributed by atoms with Crippen molar-refractivity contribution in [2.75, 3.05) is 19.8 Å². The van der Waals surface area contributed by atoms with Crippen LogP contribution in [0, 0.1) is 46.3 Å². The van der Waals surface area contributed by atoms with Crippen molar-refractivity contribution < 1.29 is 94.1 Å². The molecule has 4 aliphatic heterocycles. The van der Waals surface area contributed by atoms with Gasteiger partial charge in [0, 0.05) is 30.1 Å². The topological polar surface area (TPSA) is 304 Å². The Balaban J connectivity index is 0.861. The van der Waals surface area contributed by atoms with Gasteiger partial charge < -0.3 is 89.3 Å². The molecule has 8 aliphatic rings. The number of hydrogen-bond donors (Lipinski definition) is 11. The van der Waals surface area contributed by atoms with E-state index in [2.05, 4.69) is 19.9 Å². The maximum atomic E-state index is 14.6. The van der Waals surface area contributed by atoms with Crippen LogP contribution in [-0.4, -0.2) is 192 Å². The molecule has 4 aliphatic carbocycles. The summed E-state index contributed by atoms with van der Waals surface area (Å²) in [7, 11) is 0. The number of rotatable bonds is 12. The Labute approximate surface area is 373 Å². The lowest BCUT2D eigenvalue weighted by atomic mass is 9.46. The summed E-state index contributed by atoms with van der Waals surface area (Å²) in [6, 6.07) is 0. The van der Waals surface area contributed by atoms with E-state index < -0.39 is 117 Å². The molecule has 0 aromatic rings. The van der Waals surface area contributed by atoms with Crippen molar-refractivity contribution in [1.82, 2.24) is 0 Å².